The molecule has 1 aromatic rings. The van der Waals surface area contributed by atoms with E-state index in [-0.39, 0.29) is 0 Å². The van der Waals surface area contributed by atoms with Crippen molar-refractivity contribution in [3.05, 3.63) is 41.9 Å². The lowest BCUT2D eigenvalue weighted by molar-refractivity contribution is 1.23. The zero-order valence-electron chi connectivity index (χ0n) is 7.79. The maximum atomic E-state index is 5.92. The molecule has 0 aliphatic carbocycles. The Bertz CT molecular complexity index is 427. The SMILES string of the molecule is C#Cc1cc(C(Cl)=NC=C)c(C)cn1. The van der Waals surface area contributed by atoms with E-state index in [0.29, 0.717) is 10.9 Å². The van der Waals surface area contributed by atoms with Crippen LogP contribution in [0.2, 0.25) is 0 Å². The molecule has 70 valence electrons. The second kappa shape index (κ2) is 4.59. The van der Waals surface area contributed by atoms with Crippen LogP contribution in [0, 0.1) is 19.3 Å². The first-order valence-electron chi connectivity index (χ1n) is 3.97. The Morgan fingerprint density at radius 1 is 1.79 bits per heavy atom. The summed E-state index contributed by atoms with van der Waals surface area (Å²) < 4.78 is 0. The molecular formula is C11H9ClN2. The number of hydrogen-bond donors (Lipinski definition) is 0. The maximum Gasteiger partial charge on any atom is 0.136 e. The molecule has 0 saturated carbocycles. The summed E-state index contributed by atoms with van der Waals surface area (Å²) in [6.45, 7) is 5.36. The van der Waals surface area contributed by atoms with Crippen molar-refractivity contribution >= 4 is 16.8 Å². The number of pyridine rings is 1. The maximum absolute atomic E-state index is 5.92. The predicted octanol–water partition coefficient (Wildman–Crippen LogP) is 2.50. The highest BCUT2D eigenvalue weighted by Crippen LogP contribution is 2.12. The van der Waals surface area contributed by atoms with Crippen LogP contribution in [-0.2, 0) is 0 Å². The topological polar surface area (TPSA) is 25.2 Å². The van der Waals surface area contributed by atoms with Gasteiger partial charge < -0.3 is 0 Å². The minimum atomic E-state index is 0.372. The molecule has 1 rings (SSSR count). The molecule has 0 fully saturated rings. The van der Waals surface area contributed by atoms with Crippen molar-refractivity contribution in [1.29, 1.82) is 0 Å². The molecule has 0 aliphatic heterocycles. The lowest BCUT2D eigenvalue weighted by Crippen LogP contribution is -1.97. The lowest BCUT2D eigenvalue weighted by Gasteiger charge is -2.02. The number of aliphatic imine (C=N–C) groups is 1. The smallest absolute Gasteiger partial charge is 0.136 e. The molecular weight excluding hydrogens is 196 g/mol. The minimum absolute atomic E-state index is 0.372. The fraction of sp³-hybridized carbons (Fsp3) is 0.0909. The van der Waals surface area contributed by atoms with Gasteiger partial charge in [0.1, 0.15) is 10.9 Å². The Balaban J connectivity index is 3.27. The average molecular weight is 205 g/mol. The number of aromatic nitrogens is 1. The van der Waals surface area contributed by atoms with Crippen LogP contribution in [0.3, 0.4) is 0 Å². The zero-order chi connectivity index (χ0) is 10.6. The normalized spacial score (nSPS) is 10.8. The largest absolute Gasteiger partial charge is 0.247 e. The van der Waals surface area contributed by atoms with E-state index in [1.54, 1.807) is 12.3 Å². The summed E-state index contributed by atoms with van der Waals surface area (Å²) in [6.07, 6.45) is 8.29. The van der Waals surface area contributed by atoms with Crippen LogP contribution in [0.5, 0.6) is 0 Å². The van der Waals surface area contributed by atoms with Crippen molar-refractivity contribution in [2.75, 3.05) is 0 Å². The van der Waals surface area contributed by atoms with Crippen LogP contribution < -0.4 is 0 Å². The number of hydrogen-bond acceptors (Lipinski definition) is 2. The van der Waals surface area contributed by atoms with Gasteiger partial charge in [-0.2, -0.15) is 0 Å². The van der Waals surface area contributed by atoms with Crippen LogP contribution >= 0.6 is 11.6 Å². The van der Waals surface area contributed by atoms with E-state index >= 15 is 0 Å². The van der Waals surface area contributed by atoms with Crippen molar-refractivity contribution in [2.24, 2.45) is 4.99 Å². The van der Waals surface area contributed by atoms with Gasteiger partial charge in [-0.1, -0.05) is 24.1 Å². The third-order valence-electron chi connectivity index (χ3n) is 1.68. The molecule has 0 unspecified atom stereocenters. The Kier molecular flexibility index (Phi) is 3.44. The second-order valence-corrected chi connectivity index (χ2v) is 2.99. The summed E-state index contributed by atoms with van der Waals surface area (Å²) in [4.78, 5) is 7.91. The monoisotopic (exact) mass is 204 g/mol. The van der Waals surface area contributed by atoms with Gasteiger partial charge in [0.25, 0.3) is 0 Å². The summed E-state index contributed by atoms with van der Waals surface area (Å²) in [5.74, 6) is 2.44. The third-order valence-corrected chi connectivity index (χ3v) is 1.98. The van der Waals surface area contributed by atoms with Gasteiger partial charge in [0.2, 0.25) is 0 Å². The second-order valence-electron chi connectivity index (χ2n) is 2.63. The molecule has 14 heavy (non-hydrogen) atoms. The quantitative estimate of drug-likeness (QED) is 0.537. The van der Waals surface area contributed by atoms with Crippen molar-refractivity contribution < 1.29 is 0 Å². The Morgan fingerprint density at radius 2 is 2.50 bits per heavy atom. The fourth-order valence-electron chi connectivity index (χ4n) is 0.975. The predicted molar refractivity (Wildman–Crippen MR) is 59.5 cm³/mol. The van der Waals surface area contributed by atoms with Crippen molar-refractivity contribution in [3.8, 4) is 12.3 Å². The number of terminal acetylenes is 1. The Labute approximate surface area is 88.3 Å². The summed E-state index contributed by atoms with van der Waals surface area (Å²) in [6, 6.07) is 1.73. The molecule has 0 radical (unpaired) electrons. The molecule has 1 heterocycles. The van der Waals surface area contributed by atoms with Crippen LogP contribution in [-0.4, -0.2) is 10.2 Å². The number of halogens is 1. The molecule has 0 spiro atoms. The first-order valence-corrected chi connectivity index (χ1v) is 4.34. The van der Waals surface area contributed by atoms with E-state index in [1.807, 2.05) is 6.92 Å². The highest BCUT2D eigenvalue weighted by Gasteiger charge is 2.04. The van der Waals surface area contributed by atoms with Gasteiger partial charge in [0.15, 0.2) is 0 Å². The van der Waals surface area contributed by atoms with Gasteiger partial charge in [-0.05, 0) is 18.6 Å². The van der Waals surface area contributed by atoms with E-state index in [4.69, 9.17) is 18.0 Å². The van der Waals surface area contributed by atoms with Gasteiger partial charge in [-0.3, -0.25) is 0 Å². The van der Waals surface area contributed by atoms with Gasteiger partial charge in [-0.25, -0.2) is 9.98 Å². The number of aryl methyl sites for hydroxylation is 1. The van der Waals surface area contributed by atoms with E-state index < -0.39 is 0 Å². The van der Waals surface area contributed by atoms with Crippen molar-refractivity contribution in [2.45, 2.75) is 6.92 Å². The van der Waals surface area contributed by atoms with E-state index in [1.165, 1.54) is 6.20 Å². The highest BCUT2D eigenvalue weighted by molar-refractivity contribution is 6.69. The van der Waals surface area contributed by atoms with Gasteiger partial charge in [-0.15, -0.1) is 6.42 Å². The van der Waals surface area contributed by atoms with Gasteiger partial charge in [0, 0.05) is 18.0 Å². The van der Waals surface area contributed by atoms with E-state index in [9.17, 15) is 0 Å². The molecule has 0 bridgehead atoms. The summed E-state index contributed by atoms with van der Waals surface area (Å²) >= 11 is 5.92. The van der Waals surface area contributed by atoms with Crippen LogP contribution in [0.15, 0.2) is 30.0 Å². The van der Waals surface area contributed by atoms with Gasteiger partial charge >= 0.3 is 0 Å². The van der Waals surface area contributed by atoms with Crippen molar-refractivity contribution in [1.82, 2.24) is 4.98 Å². The summed E-state index contributed by atoms with van der Waals surface area (Å²) in [7, 11) is 0. The summed E-state index contributed by atoms with van der Waals surface area (Å²) in [5, 5.41) is 0.372. The minimum Gasteiger partial charge on any atom is -0.247 e. The van der Waals surface area contributed by atoms with Crippen LogP contribution in [0.4, 0.5) is 0 Å². The van der Waals surface area contributed by atoms with E-state index in [2.05, 4.69) is 22.5 Å². The molecule has 0 aliphatic rings. The molecule has 0 atom stereocenters. The van der Waals surface area contributed by atoms with Gasteiger partial charge in [0.05, 0.1) is 0 Å². The standard InChI is InChI=1S/C11H9ClN2/c1-4-9-6-10(8(3)7-14-9)11(12)13-5-2/h1,5-7H,2H2,3H3. The fourth-order valence-corrected chi connectivity index (χ4v) is 1.25. The zero-order valence-corrected chi connectivity index (χ0v) is 8.54. The van der Waals surface area contributed by atoms with Crippen LogP contribution in [0.25, 0.3) is 0 Å². The first kappa shape index (κ1) is 10.5. The van der Waals surface area contributed by atoms with Crippen molar-refractivity contribution in [3.63, 3.8) is 0 Å². The Hall–Kier alpha value is -1.59. The molecule has 3 heteroatoms. The molecule has 1 aromatic heterocycles. The third kappa shape index (κ3) is 2.21. The van der Waals surface area contributed by atoms with Crippen LogP contribution in [0.1, 0.15) is 16.8 Å². The lowest BCUT2D eigenvalue weighted by atomic mass is 10.1. The van der Waals surface area contributed by atoms with E-state index in [0.717, 1.165) is 11.1 Å². The Morgan fingerprint density at radius 3 is 3.07 bits per heavy atom. The molecule has 2 nitrogen and oxygen atoms in total. The highest BCUT2D eigenvalue weighted by atomic mass is 35.5. The molecule has 0 N–H and O–H groups in total. The summed E-state index contributed by atoms with van der Waals surface area (Å²) in [5.41, 5.74) is 2.26. The number of nitrogens with zero attached hydrogens (tertiary/aromatic N) is 2. The molecule has 0 saturated heterocycles. The first-order chi connectivity index (χ1) is 6.69. The average Bonchev–Trinajstić information content (AvgIpc) is 2.19. The molecule has 0 amide bonds. The molecule has 0 aromatic carbocycles. The number of rotatable bonds is 2.